The van der Waals surface area contributed by atoms with Gasteiger partial charge in [0.25, 0.3) is 0 Å². The third-order valence-electron chi connectivity index (χ3n) is 4.67. The van der Waals surface area contributed by atoms with Crippen LogP contribution < -0.4 is 11.1 Å². The van der Waals surface area contributed by atoms with Crippen LogP contribution in [-0.4, -0.2) is 35.7 Å². The van der Waals surface area contributed by atoms with E-state index in [1.54, 1.807) is 4.90 Å². The summed E-state index contributed by atoms with van der Waals surface area (Å²) in [6.45, 7) is 9.31. The molecule has 1 aromatic carbocycles. The molecule has 0 aromatic heterocycles. The van der Waals surface area contributed by atoms with Crippen molar-refractivity contribution in [2.24, 2.45) is 11.7 Å². The van der Waals surface area contributed by atoms with E-state index in [9.17, 15) is 9.59 Å². The van der Waals surface area contributed by atoms with Gasteiger partial charge >= 0.3 is 6.09 Å². The Balaban J connectivity index is 1.84. The number of likely N-dealkylation sites (tertiary alicyclic amines) is 1. The van der Waals surface area contributed by atoms with Crippen LogP contribution in [0.15, 0.2) is 24.3 Å². The molecular formula is C20H31N3O3. The number of hydrogen-bond acceptors (Lipinski definition) is 4. The van der Waals surface area contributed by atoms with Crippen molar-refractivity contribution in [3.05, 3.63) is 29.8 Å². The van der Waals surface area contributed by atoms with Gasteiger partial charge in [-0.1, -0.05) is 39.8 Å². The predicted molar refractivity (Wildman–Crippen MR) is 103 cm³/mol. The maximum atomic E-state index is 12.2. The fourth-order valence-corrected chi connectivity index (χ4v) is 2.99. The molecule has 0 radical (unpaired) electrons. The minimum Gasteiger partial charge on any atom is -0.428 e. The van der Waals surface area contributed by atoms with Crippen molar-refractivity contribution in [2.75, 3.05) is 18.4 Å². The molecule has 1 saturated heterocycles. The van der Waals surface area contributed by atoms with Crippen LogP contribution in [-0.2, 0) is 9.53 Å². The highest BCUT2D eigenvalue weighted by Crippen LogP contribution is 2.23. The number of ether oxygens (including phenoxy) is 1. The van der Waals surface area contributed by atoms with Crippen LogP contribution in [0.1, 0.15) is 58.4 Å². The largest absolute Gasteiger partial charge is 0.428 e. The molecule has 6 nitrogen and oxygen atoms in total. The second-order valence-electron chi connectivity index (χ2n) is 7.83. The highest BCUT2D eigenvalue weighted by atomic mass is 16.6. The van der Waals surface area contributed by atoms with Gasteiger partial charge in [0.15, 0.2) is 5.72 Å². The molecule has 1 aliphatic rings. The second-order valence-corrected chi connectivity index (χ2v) is 7.83. The van der Waals surface area contributed by atoms with Crippen LogP contribution in [0, 0.1) is 5.92 Å². The monoisotopic (exact) mass is 361 g/mol. The molecule has 0 spiro atoms. The summed E-state index contributed by atoms with van der Waals surface area (Å²) in [7, 11) is 0. The first-order chi connectivity index (χ1) is 12.2. The number of carbonyl (C=O) groups is 2. The summed E-state index contributed by atoms with van der Waals surface area (Å²) < 4.78 is 5.46. The van der Waals surface area contributed by atoms with E-state index in [0.717, 1.165) is 0 Å². The third kappa shape index (κ3) is 5.73. The smallest absolute Gasteiger partial charge is 0.413 e. The number of anilines is 1. The van der Waals surface area contributed by atoms with Crippen LogP contribution in [0.4, 0.5) is 10.5 Å². The average Bonchev–Trinajstić information content (AvgIpc) is 2.54. The lowest BCUT2D eigenvalue weighted by molar-refractivity contribution is -0.135. The number of benzene rings is 1. The predicted octanol–water partition coefficient (Wildman–Crippen LogP) is 3.68. The van der Waals surface area contributed by atoms with E-state index in [4.69, 9.17) is 10.5 Å². The molecule has 0 atom stereocenters. The number of rotatable bonds is 5. The van der Waals surface area contributed by atoms with Gasteiger partial charge in [0, 0.05) is 38.0 Å². The fraction of sp³-hybridized carbons (Fsp3) is 0.600. The van der Waals surface area contributed by atoms with Gasteiger partial charge in [0.05, 0.1) is 0 Å². The molecule has 0 bridgehead atoms. The maximum Gasteiger partial charge on any atom is 0.413 e. The topological polar surface area (TPSA) is 84.7 Å². The Bertz CT molecular complexity index is 618. The molecule has 1 aliphatic heterocycles. The molecule has 1 heterocycles. The summed E-state index contributed by atoms with van der Waals surface area (Å²) >= 11 is 0. The summed E-state index contributed by atoms with van der Waals surface area (Å²) in [4.78, 5) is 26.1. The van der Waals surface area contributed by atoms with Crippen LogP contribution in [0.5, 0.6) is 0 Å². The standard InChI is InChI=1S/C20H31N3O3/c1-14(2)13-18(24)23-11-9-20(21,10-12-23)26-19(25)22-17-7-5-16(6-8-17)15(3)4/h5-8,14-15H,9-13,21H2,1-4H3,(H,22,25). The minimum atomic E-state index is -1.03. The summed E-state index contributed by atoms with van der Waals surface area (Å²) in [5.74, 6) is 0.903. The van der Waals surface area contributed by atoms with Gasteiger partial charge in [-0.25, -0.2) is 4.79 Å². The molecule has 6 heteroatoms. The summed E-state index contributed by atoms with van der Waals surface area (Å²) in [5, 5.41) is 2.72. The number of carbonyl (C=O) groups excluding carboxylic acids is 2. The molecule has 144 valence electrons. The second kappa shape index (κ2) is 8.54. The number of nitrogens with one attached hydrogen (secondary N) is 1. The molecule has 1 fully saturated rings. The Kier molecular flexibility index (Phi) is 6.64. The maximum absolute atomic E-state index is 12.2. The van der Waals surface area contributed by atoms with E-state index in [2.05, 4.69) is 19.2 Å². The number of hydrogen-bond donors (Lipinski definition) is 2. The quantitative estimate of drug-likeness (QED) is 0.784. The number of amides is 2. The van der Waals surface area contributed by atoms with E-state index < -0.39 is 11.8 Å². The molecule has 1 aromatic rings. The Morgan fingerprint density at radius 2 is 1.73 bits per heavy atom. The van der Waals surface area contributed by atoms with Gasteiger partial charge in [-0.05, 0) is 29.5 Å². The van der Waals surface area contributed by atoms with E-state index in [1.165, 1.54) is 5.56 Å². The van der Waals surface area contributed by atoms with Crippen molar-refractivity contribution in [3.8, 4) is 0 Å². The van der Waals surface area contributed by atoms with Crippen molar-refractivity contribution in [3.63, 3.8) is 0 Å². The van der Waals surface area contributed by atoms with Crippen molar-refractivity contribution >= 4 is 17.7 Å². The summed E-state index contributed by atoms with van der Waals surface area (Å²) in [6.07, 6.45) is 0.852. The van der Waals surface area contributed by atoms with E-state index in [-0.39, 0.29) is 5.91 Å². The van der Waals surface area contributed by atoms with Crippen LogP contribution in [0.2, 0.25) is 0 Å². The highest BCUT2D eigenvalue weighted by molar-refractivity contribution is 5.85. The lowest BCUT2D eigenvalue weighted by Gasteiger charge is -2.38. The van der Waals surface area contributed by atoms with Gasteiger partial charge in [0.1, 0.15) is 0 Å². The summed E-state index contributed by atoms with van der Waals surface area (Å²) in [6, 6.07) is 7.68. The SMILES string of the molecule is CC(C)CC(=O)N1CCC(N)(OC(=O)Nc2ccc(C(C)C)cc2)CC1. The molecule has 0 saturated carbocycles. The Hall–Kier alpha value is -2.08. The summed E-state index contributed by atoms with van der Waals surface area (Å²) in [5.41, 5.74) is 7.07. The molecule has 0 unspecified atom stereocenters. The third-order valence-corrected chi connectivity index (χ3v) is 4.67. The normalized spacial score (nSPS) is 16.7. The van der Waals surface area contributed by atoms with Crippen LogP contribution >= 0.6 is 0 Å². The average molecular weight is 361 g/mol. The molecule has 3 N–H and O–H groups in total. The first kappa shape index (κ1) is 20.2. The van der Waals surface area contributed by atoms with Crippen molar-refractivity contribution < 1.29 is 14.3 Å². The molecule has 0 aliphatic carbocycles. The Morgan fingerprint density at radius 1 is 1.15 bits per heavy atom. The Morgan fingerprint density at radius 3 is 2.23 bits per heavy atom. The van der Waals surface area contributed by atoms with Crippen molar-refractivity contribution in [2.45, 2.75) is 58.6 Å². The van der Waals surface area contributed by atoms with Gasteiger partial charge in [-0.3, -0.25) is 15.8 Å². The minimum absolute atomic E-state index is 0.136. The molecular weight excluding hydrogens is 330 g/mol. The fourth-order valence-electron chi connectivity index (χ4n) is 2.99. The van der Waals surface area contributed by atoms with E-state index in [0.29, 0.717) is 49.9 Å². The lowest BCUT2D eigenvalue weighted by Crippen LogP contribution is -2.54. The van der Waals surface area contributed by atoms with Crippen molar-refractivity contribution in [1.29, 1.82) is 0 Å². The van der Waals surface area contributed by atoms with Gasteiger partial charge in [0.2, 0.25) is 5.91 Å². The number of nitrogens with zero attached hydrogens (tertiary/aromatic N) is 1. The molecule has 2 rings (SSSR count). The highest BCUT2D eigenvalue weighted by Gasteiger charge is 2.35. The lowest BCUT2D eigenvalue weighted by atomic mass is 10.00. The van der Waals surface area contributed by atoms with Gasteiger partial charge in [-0.15, -0.1) is 0 Å². The zero-order valence-corrected chi connectivity index (χ0v) is 16.2. The van der Waals surface area contributed by atoms with Crippen LogP contribution in [0.25, 0.3) is 0 Å². The van der Waals surface area contributed by atoms with Gasteiger partial charge in [-0.2, -0.15) is 0 Å². The first-order valence-electron chi connectivity index (χ1n) is 9.35. The first-order valence-corrected chi connectivity index (χ1v) is 9.35. The van der Waals surface area contributed by atoms with Crippen molar-refractivity contribution in [1.82, 2.24) is 4.90 Å². The zero-order valence-electron chi connectivity index (χ0n) is 16.2. The van der Waals surface area contributed by atoms with E-state index >= 15 is 0 Å². The number of nitrogens with two attached hydrogens (primary N) is 1. The Labute approximate surface area is 156 Å². The van der Waals surface area contributed by atoms with E-state index in [1.807, 2.05) is 38.1 Å². The molecule has 26 heavy (non-hydrogen) atoms. The zero-order chi connectivity index (χ0) is 19.3. The van der Waals surface area contributed by atoms with Crippen LogP contribution in [0.3, 0.4) is 0 Å². The molecule has 2 amide bonds. The number of piperidine rings is 1. The van der Waals surface area contributed by atoms with Gasteiger partial charge < -0.3 is 9.64 Å².